The van der Waals surface area contributed by atoms with Crippen LogP contribution in [0.4, 0.5) is 13.2 Å². The third-order valence-electron chi connectivity index (χ3n) is 2.69. The number of nitrogens with zero attached hydrogens (tertiary/aromatic N) is 2. The number of hydrogen-bond donors (Lipinski definition) is 1. The van der Waals surface area contributed by atoms with Gasteiger partial charge in [-0.05, 0) is 30.3 Å². The molecule has 0 aliphatic carbocycles. The molecule has 0 amide bonds. The van der Waals surface area contributed by atoms with Gasteiger partial charge in [-0.2, -0.15) is 13.2 Å². The van der Waals surface area contributed by atoms with Gasteiger partial charge in [-0.25, -0.2) is 4.98 Å². The molecule has 19 heavy (non-hydrogen) atoms. The van der Waals surface area contributed by atoms with Gasteiger partial charge in [-0.3, -0.25) is 4.57 Å². The van der Waals surface area contributed by atoms with Crippen LogP contribution in [0.25, 0.3) is 5.69 Å². The van der Waals surface area contributed by atoms with Gasteiger partial charge in [-0.1, -0.05) is 13.8 Å². The minimum absolute atomic E-state index is 0.190. The molecular weight excluding hydrogens is 275 g/mol. The van der Waals surface area contributed by atoms with Crippen LogP contribution in [-0.4, -0.2) is 14.5 Å². The van der Waals surface area contributed by atoms with E-state index >= 15 is 0 Å². The highest BCUT2D eigenvalue weighted by atomic mass is 32.1. The summed E-state index contributed by atoms with van der Waals surface area (Å²) < 4.78 is 39.5. The number of pyridine rings is 1. The molecule has 0 saturated carbocycles. The van der Waals surface area contributed by atoms with Gasteiger partial charge in [0.15, 0.2) is 4.77 Å². The number of hydrogen-bond acceptors (Lipinski definition) is 2. The van der Waals surface area contributed by atoms with Crippen molar-refractivity contribution in [3.63, 3.8) is 0 Å². The van der Waals surface area contributed by atoms with Gasteiger partial charge in [0.1, 0.15) is 5.69 Å². The molecule has 0 unspecified atom stereocenters. The van der Waals surface area contributed by atoms with Crippen molar-refractivity contribution in [1.82, 2.24) is 14.5 Å². The van der Waals surface area contributed by atoms with Crippen LogP contribution in [0, 0.1) is 4.77 Å². The first-order valence-corrected chi connectivity index (χ1v) is 6.05. The van der Waals surface area contributed by atoms with Crippen molar-refractivity contribution in [2.24, 2.45) is 0 Å². The second-order valence-electron chi connectivity index (χ2n) is 4.41. The molecule has 0 saturated heterocycles. The molecule has 2 aromatic rings. The largest absolute Gasteiger partial charge is 0.433 e. The van der Waals surface area contributed by atoms with Crippen molar-refractivity contribution in [2.75, 3.05) is 0 Å². The molecule has 0 aromatic carbocycles. The summed E-state index contributed by atoms with van der Waals surface area (Å²) in [5.41, 5.74) is 0.499. The lowest BCUT2D eigenvalue weighted by Crippen LogP contribution is -2.09. The van der Waals surface area contributed by atoms with Crippen LogP contribution in [0.1, 0.15) is 31.2 Å². The van der Waals surface area contributed by atoms with Gasteiger partial charge in [0.2, 0.25) is 0 Å². The lowest BCUT2D eigenvalue weighted by molar-refractivity contribution is -0.141. The average Bonchev–Trinajstić information content (AvgIpc) is 2.70. The molecule has 3 nitrogen and oxygen atoms in total. The van der Waals surface area contributed by atoms with Crippen LogP contribution in [-0.2, 0) is 6.18 Å². The Morgan fingerprint density at radius 3 is 2.47 bits per heavy atom. The number of imidazole rings is 1. The molecule has 0 bridgehead atoms. The Hall–Kier alpha value is -1.63. The number of aromatic nitrogens is 3. The summed E-state index contributed by atoms with van der Waals surface area (Å²) in [6.07, 6.45) is -1.50. The molecule has 0 radical (unpaired) electrons. The Labute approximate surface area is 113 Å². The Morgan fingerprint density at radius 1 is 1.32 bits per heavy atom. The van der Waals surface area contributed by atoms with Gasteiger partial charge >= 0.3 is 6.18 Å². The summed E-state index contributed by atoms with van der Waals surface area (Å²) in [4.78, 5) is 6.33. The van der Waals surface area contributed by atoms with E-state index in [0.717, 1.165) is 11.8 Å². The maximum absolute atomic E-state index is 12.5. The molecule has 0 aliphatic heterocycles. The van der Waals surface area contributed by atoms with Crippen LogP contribution in [0.15, 0.2) is 24.5 Å². The zero-order valence-corrected chi connectivity index (χ0v) is 11.1. The van der Waals surface area contributed by atoms with Crippen molar-refractivity contribution in [3.05, 3.63) is 40.7 Å². The number of aromatic amines is 1. The zero-order chi connectivity index (χ0) is 14.2. The van der Waals surface area contributed by atoms with E-state index in [2.05, 4.69) is 9.97 Å². The van der Waals surface area contributed by atoms with E-state index in [1.165, 1.54) is 12.3 Å². The number of rotatable bonds is 2. The first-order chi connectivity index (χ1) is 8.80. The first kappa shape index (κ1) is 13.8. The highest BCUT2D eigenvalue weighted by Gasteiger charge is 2.32. The highest BCUT2D eigenvalue weighted by molar-refractivity contribution is 7.71. The van der Waals surface area contributed by atoms with E-state index in [-0.39, 0.29) is 5.92 Å². The van der Waals surface area contributed by atoms with E-state index in [1.54, 1.807) is 10.8 Å². The number of nitrogens with one attached hydrogen (secondary N) is 1. The molecule has 7 heteroatoms. The van der Waals surface area contributed by atoms with Gasteiger partial charge in [0, 0.05) is 11.9 Å². The van der Waals surface area contributed by atoms with Crippen LogP contribution >= 0.6 is 12.2 Å². The summed E-state index contributed by atoms with van der Waals surface area (Å²) in [5, 5.41) is 0. The Bertz CT molecular complexity index is 623. The third-order valence-corrected chi connectivity index (χ3v) is 2.99. The molecule has 102 valence electrons. The van der Waals surface area contributed by atoms with E-state index in [4.69, 9.17) is 12.2 Å². The second-order valence-corrected chi connectivity index (χ2v) is 4.79. The Balaban J connectivity index is 2.49. The fourth-order valence-corrected chi connectivity index (χ4v) is 2.03. The standard InChI is InChI=1S/C12H12F3N3S/c1-7(2)9-6-17-11(19)18(9)8-3-4-10(16-5-8)12(13,14)15/h3-7H,1-2H3,(H,17,19). The fraction of sp³-hybridized carbons (Fsp3) is 0.333. The van der Waals surface area contributed by atoms with Crippen molar-refractivity contribution in [2.45, 2.75) is 25.9 Å². The van der Waals surface area contributed by atoms with Crippen molar-refractivity contribution in [1.29, 1.82) is 0 Å². The lowest BCUT2D eigenvalue weighted by Gasteiger charge is -2.11. The normalized spacial score (nSPS) is 12.1. The van der Waals surface area contributed by atoms with Crippen LogP contribution < -0.4 is 0 Å². The zero-order valence-electron chi connectivity index (χ0n) is 10.3. The fourth-order valence-electron chi connectivity index (χ4n) is 1.76. The molecule has 0 aliphatic rings. The van der Waals surface area contributed by atoms with Crippen molar-refractivity contribution in [3.8, 4) is 5.69 Å². The SMILES string of the molecule is CC(C)c1c[nH]c(=S)n1-c1ccc(C(F)(F)F)nc1. The summed E-state index contributed by atoms with van der Waals surface area (Å²) in [6, 6.07) is 2.32. The van der Waals surface area contributed by atoms with Gasteiger partial charge in [-0.15, -0.1) is 0 Å². The lowest BCUT2D eigenvalue weighted by atomic mass is 10.1. The molecule has 2 rings (SSSR count). The van der Waals surface area contributed by atoms with E-state index in [1.807, 2.05) is 13.8 Å². The summed E-state index contributed by atoms with van der Waals surface area (Å²) >= 11 is 5.14. The first-order valence-electron chi connectivity index (χ1n) is 5.64. The van der Waals surface area contributed by atoms with Gasteiger partial charge in [0.25, 0.3) is 0 Å². The maximum Gasteiger partial charge on any atom is 0.433 e. The van der Waals surface area contributed by atoms with Crippen LogP contribution in [0.5, 0.6) is 0 Å². The quantitative estimate of drug-likeness (QED) is 0.845. The Kier molecular flexibility index (Phi) is 3.49. The van der Waals surface area contributed by atoms with Crippen molar-refractivity contribution < 1.29 is 13.2 Å². The third kappa shape index (κ3) is 2.70. The summed E-state index contributed by atoms with van der Waals surface area (Å²) in [6.45, 7) is 3.96. The van der Waals surface area contributed by atoms with E-state index in [9.17, 15) is 13.2 Å². The minimum Gasteiger partial charge on any atom is -0.337 e. The van der Waals surface area contributed by atoms with E-state index < -0.39 is 11.9 Å². The summed E-state index contributed by atoms with van der Waals surface area (Å²) in [5.74, 6) is 0.190. The van der Waals surface area contributed by atoms with Crippen molar-refractivity contribution >= 4 is 12.2 Å². The molecule has 0 atom stereocenters. The summed E-state index contributed by atoms with van der Waals surface area (Å²) in [7, 11) is 0. The maximum atomic E-state index is 12.5. The smallest absolute Gasteiger partial charge is 0.337 e. The topological polar surface area (TPSA) is 33.6 Å². The number of alkyl halides is 3. The number of halogens is 3. The predicted octanol–water partition coefficient (Wildman–Crippen LogP) is 4.07. The molecular formula is C12H12F3N3S. The molecule has 0 spiro atoms. The second kappa shape index (κ2) is 4.80. The number of H-pyrrole nitrogens is 1. The average molecular weight is 287 g/mol. The monoisotopic (exact) mass is 287 g/mol. The highest BCUT2D eigenvalue weighted by Crippen LogP contribution is 2.28. The van der Waals surface area contributed by atoms with Gasteiger partial charge in [0.05, 0.1) is 11.9 Å². The van der Waals surface area contributed by atoms with E-state index in [0.29, 0.717) is 10.5 Å². The molecule has 0 fully saturated rings. The Morgan fingerprint density at radius 2 is 2.00 bits per heavy atom. The van der Waals surface area contributed by atoms with Crippen LogP contribution in [0.2, 0.25) is 0 Å². The molecule has 2 heterocycles. The molecule has 2 aromatic heterocycles. The molecule has 1 N–H and O–H groups in total. The van der Waals surface area contributed by atoms with Crippen LogP contribution in [0.3, 0.4) is 0 Å². The van der Waals surface area contributed by atoms with Gasteiger partial charge < -0.3 is 4.98 Å². The minimum atomic E-state index is -4.43. The predicted molar refractivity (Wildman–Crippen MR) is 67.8 cm³/mol.